The van der Waals surface area contributed by atoms with Crippen LogP contribution >= 0.6 is 11.3 Å². The third-order valence-corrected chi connectivity index (χ3v) is 5.33. The van der Waals surface area contributed by atoms with Crippen molar-refractivity contribution < 1.29 is 4.21 Å². The Morgan fingerprint density at radius 3 is 3.00 bits per heavy atom. The van der Waals surface area contributed by atoms with Gasteiger partial charge in [0.1, 0.15) is 6.33 Å². The van der Waals surface area contributed by atoms with Gasteiger partial charge in [0.05, 0.1) is 28.0 Å². The molecule has 0 radical (unpaired) electrons. The summed E-state index contributed by atoms with van der Waals surface area (Å²) in [4.78, 5) is 4.71. The molecular weight excluding hydrogens is 280 g/mol. The van der Waals surface area contributed by atoms with Crippen LogP contribution in [0.15, 0.2) is 16.9 Å². The zero-order valence-electron chi connectivity index (χ0n) is 10.8. The Morgan fingerprint density at radius 2 is 2.26 bits per heavy atom. The second-order valence-corrected chi connectivity index (χ2v) is 7.02. The summed E-state index contributed by atoms with van der Waals surface area (Å²) in [7, 11) is -1.11. The van der Waals surface area contributed by atoms with Crippen LogP contribution < -0.4 is 0 Å². The summed E-state index contributed by atoms with van der Waals surface area (Å²) in [5.41, 5.74) is 1.01. The smallest absolute Gasteiger partial charge is 0.221 e. The number of hydrogen-bond donors (Lipinski definition) is 0. The molecule has 1 atom stereocenters. The average Bonchev–Trinajstić information content (AvgIpc) is 3.09. The van der Waals surface area contributed by atoms with Gasteiger partial charge in [-0.05, 0) is 12.8 Å². The fraction of sp³-hybridized carbons (Fsp3) is 0.583. The minimum absolute atomic E-state index is 0.510. The number of rotatable bonds is 4. The van der Waals surface area contributed by atoms with Crippen molar-refractivity contribution in [3.8, 4) is 0 Å². The van der Waals surface area contributed by atoms with E-state index in [9.17, 15) is 4.21 Å². The Hall–Kier alpha value is -1.08. The first-order valence-corrected chi connectivity index (χ1v) is 8.83. The van der Waals surface area contributed by atoms with Gasteiger partial charge in [0, 0.05) is 17.6 Å². The van der Waals surface area contributed by atoms with E-state index in [1.807, 2.05) is 4.57 Å². The Morgan fingerprint density at radius 1 is 1.47 bits per heavy atom. The van der Waals surface area contributed by atoms with Gasteiger partial charge in [0.15, 0.2) is 0 Å². The molecule has 5 nitrogen and oxygen atoms in total. The molecule has 2 aromatic rings. The zero-order chi connectivity index (χ0) is 13.2. The van der Waals surface area contributed by atoms with Gasteiger partial charge in [-0.3, -0.25) is 4.21 Å². The molecule has 0 bridgehead atoms. The van der Waals surface area contributed by atoms with Gasteiger partial charge in [-0.1, -0.05) is 12.8 Å². The fourth-order valence-corrected chi connectivity index (χ4v) is 4.09. The minimum atomic E-state index is -1.11. The normalized spacial score (nSPS) is 17.9. The first-order valence-electron chi connectivity index (χ1n) is 6.39. The van der Waals surface area contributed by atoms with E-state index in [4.69, 9.17) is 4.98 Å². The van der Waals surface area contributed by atoms with Gasteiger partial charge in [0.2, 0.25) is 5.16 Å². The van der Waals surface area contributed by atoms with Crippen molar-refractivity contribution in [2.75, 3.05) is 6.26 Å². The van der Waals surface area contributed by atoms with Crippen molar-refractivity contribution in [1.82, 2.24) is 19.7 Å². The topological polar surface area (TPSA) is 60.7 Å². The van der Waals surface area contributed by atoms with Crippen LogP contribution in [0.4, 0.5) is 0 Å². The van der Waals surface area contributed by atoms with Crippen molar-refractivity contribution in [2.24, 2.45) is 0 Å². The molecule has 2 aromatic heterocycles. The molecule has 102 valence electrons. The highest BCUT2D eigenvalue weighted by molar-refractivity contribution is 7.84. The quantitative estimate of drug-likeness (QED) is 0.867. The second-order valence-electron chi connectivity index (χ2n) is 4.85. The van der Waals surface area contributed by atoms with Gasteiger partial charge in [-0.2, -0.15) is 0 Å². The van der Waals surface area contributed by atoms with E-state index in [1.165, 1.54) is 30.7 Å². The molecule has 1 aliphatic rings. The summed E-state index contributed by atoms with van der Waals surface area (Å²) >= 11 is 1.74. The van der Waals surface area contributed by atoms with Crippen LogP contribution in [0.1, 0.15) is 42.3 Å². The molecule has 0 aromatic carbocycles. The summed E-state index contributed by atoms with van der Waals surface area (Å²) < 4.78 is 13.3. The summed E-state index contributed by atoms with van der Waals surface area (Å²) in [6, 6.07) is 0. The number of thiazole rings is 1. The van der Waals surface area contributed by atoms with E-state index in [2.05, 4.69) is 15.6 Å². The summed E-state index contributed by atoms with van der Waals surface area (Å²) in [5.74, 6) is 0.652. The van der Waals surface area contributed by atoms with E-state index in [1.54, 1.807) is 23.9 Å². The molecular formula is C12H16N4OS2. The van der Waals surface area contributed by atoms with Crippen LogP contribution in [0.3, 0.4) is 0 Å². The largest absolute Gasteiger partial charge is 0.300 e. The molecule has 0 N–H and O–H groups in total. The zero-order valence-corrected chi connectivity index (χ0v) is 12.4. The Balaban J connectivity index is 1.76. The Kier molecular flexibility index (Phi) is 3.74. The molecule has 1 saturated carbocycles. The highest BCUT2D eigenvalue weighted by atomic mass is 32.2. The lowest BCUT2D eigenvalue weighted by Gasteiger charge is -2.04. The number of aromatic nitrogens is 4. The predicted octanol–water partition coefficient (Wildman–Crippen LogP) is 2.18. The van der Waals surface area contributed by atoms with Crippen molar-refractivity contribution in [2.45, 2.75) is 43.3 Å². The van der Waals surface area contributed by atoms with Gasteiger partial charge in [-0.25, -0.2) is 4.98 Å². The van der Waals surface area contributed by atoms with E-state index in [-0.39, 0.29) is 0 Å². The van der Waals surface area contributed by atoms with Gasteiger partial charge < -0.3 is 4.57 Å². The van der Waals surface area contributed by atoms with Crippen molar-refractivity contribution in [3.05, 3.63) is 22.4 Å². The standard InChI is InChI=1S/C12H16N4OS2/c1-19(17)12-15-13-8-16(12)6-10-7-18-11(14-10)9-4-2-3-5-9/h7-9H,2-6H2,1H3/t19-/m0/s1. The molecule has 19 heavy (non-hydrogen) atoms. The van der Waals surface area contributed by atoms with Gasteiger partial charge >= 0.3 is 0 Å². The first-order chi connectivity index (χ1) is 9.24. The maximum Gasteiger partial charge on any atom is 0.221 e. The molecule has 1 aliphatic carbocycles. The minimum Gasteiger partial charge on any atom is -0.300 e. The summed E-state index contributed by atoms with van der Waals surface area (Å²) in [6.07, 6.45) is 8.42. The van der Waals surface area contributed by atoms with E-state index >= 15 is 0 Å². The molecule has 2 heterocycles. The Labute approximate surface area is 118 Å². The van der Waals surface area contributed by atoms with Crippen LogP contribution in [0.25, 0.3) is 0 Å². The first kappa shape index (κ1) is 12.9. The maximum atomic E-state index is 11.5. The SMILES string of the molecule is C[S@](=O)c1nncn1Cc1csc(C2CCCC2)n1. The number of hydrogen-bond acceptors (Lipinski definition) is 5. The molecule has 0 aliphatic heterocycles. The third kappa shape index (κ3) is 2.76. The monoisotopic (exact) mass is 296 g/mol. The van der Waals surface area contributed by atoms with Crippen LogP contribution in [-0.2, 0) is 17.3 Å². The van der Waals surface area contributed by atoms with Crippen molar-refractivity contribution in [3.63, 3.8) is 0 Å². The van der Waals surface area contributed by atoms with Gasteiger partial charge in [-0.15, -0.1) is 21.5 Å². The van der Waals surface area contributed by atoms with Crippen molar-refractivity contribution >= 4 is 22.1 Å². The lowest BCUT2D eigenvalue weighted by atomic mass is 10.1. The fourth-order valence-electron chi connectivity index (χ4n) is 2.51. The summed E-state index contributed by atoms with van der Waals surface area (Å²) in [6.45, 7) is 0.602. The molecule has 3 rings (SSSR count). The Bertz CT molecular complexity index is 586. The third-order valence-electron chi connectivity index (χ3n) is 3.44. The van der Waals surface area contributed by atoms with Crippen LogP contribution in [-0.4, -0.2) is 30.2 Å². The van der Waals surface area contributed by atoms with Gasteiger partial charge in [0.25, 0.3) is 0 Å². The lowest BCUT2D eigenvalue weighted by Crippen LogP contribution is -2.06. The molecule has 1 fully saturated rings. The molecule has 7 heteroatoms. The van der Waals surface area contributed by atoms with E-state index in [0.717, 1.165) is 5.69 Å². The van der Waals surface area contributed by atoms with Crippen LogP contribution in [0.5, 0.6) is 0 Å². The highest BCUT2D eigenvalue weighted by Crippen LogP contribution is 2.35. The molecule has 0 spiro atoms. The van der Waals surface area contributed by atoms with E-state index < -0.39 is 10.8 Å². The van der Waals surface area contributed by atoms with Crippen LogP contribution in [0.2, 0.25) is 0 Å². The van der Waals surface area contributed by atoms with Crippen LogP contribution in [0, 0.1) is 0 Å². The number of nitrogens with zero attached hydrogens (tertiary/aromatic N) is 4. The lowest BCUT2D eigenvalue weighted by molar-refractivity contribution is 0.646. The summed E-state index contributed by atoms with van der Waals surface area (Å²) in [5, 5.41) is 11.6. The molecule has 0 unspecified atom stereocenters. The van der Waals surface area contributed by atoms with E-state index in [0.29, 0.717) is 17.6 Å². The second kappa shape index (κ2) is 5.50. The highest BCUT2D eigenvalue weighted by Gasteiger charge is 2.20. The average molecular weight is 296 g/mol. The predicted molar refractivity (Wildman–Crippen MR) is 74.8 cm³/mol. The van der Waals surface area contributed by atoms with Crippen molar-refractivity contribution in [1.29, 1.82) is 0 Å². The molecule has 0 saturated heterocycles. The molecule has 0 amide bonds. The maximum absolute atomic E-state index is 11.5.